The van der Waals surface area contributed by atoms with E-state index in [0.717, 1.165) is 58.1 Å². The highest BCUT2D eigenvalue weighted by molar-refractivity contribution is 14.0. The van der Waals surface area contributed by atoms with Crippen molar-refractivity contribution >= 4 is 35.8 Å². The Balaban J connectivity index is 0.00000338. The van der Waals surface area contributed by atoms with Crippen LogP contribution < -0.4 is 5.32 Å². The number of carbonyl (C=O) groups excluding carboxylic acids is 1. The normalized spacial score (nSPS) is 21.9. The summed E-state index contributed by atoms with van der Waals surface area (Å²) in [6, 6.07) is 0. The van der Waals surface area contributed by atoms with Crippen LogP contribution in [-0.2, 0) is 14.3 Å². The van der Waals surface area contributed by atoms with Crippen LogP contribution in [-0.4, -0.2) is 87.4 Å². The first-order valence-electron chi connectivity index (χ1n) is 9.56. The molecule has 0 aromatic heterocycles. The van der Waals surface area contributed by atoms with Gasteiger partial charge in [0, 0.05) is 40.3 Å². The molecule has 0 aromatic rings. The smallest absolute Gasteiger partial charge is 0.243 e. The lowest BCUT2D eigenvalue weighted by Crippen LogP contribution is -2.47. The van der Waals surface area contributed by atoms with E-state index >= 15 is 0 Å². The van der Waals surface area contributed by atoms with E-state index in [1.54, 1.807) is 19.0 Å². The van der Waals surface area contributed by atoms with E-state index in [4.69, 9.17) is 9.47 Å². The van der Waals surface area contributed by atoms with Gasteiger partial charge >= 0.3 is 0 Å². The van der Waals surface area contributed by atoms with Crippen molar-refractivity contribution in [3.63, 3.8) is 0 Å². The van der Waals surface area contributed by atoms with Gasteiger partial charge in [-0.05, 0) is 39.0 Å². The molecule has 1 unspecified atom stereocenters. The highest BCUT2D eigenvalue weighted by atomic mass is 127. The van der Waals surface area contributed by atoms with Crippen molar-refractivity contribution in [2.45, 2.75) is 51.2 Å². The van der Waals surface area contributed by atoms with Crippen LogP contribution in [0.15, 0.2) is 4.99 Å². The maximum absolute atomic E-state index is 11.8. The first kappa shape index (κ1) is 23.4. The molecule has 7 nitrogen and oxygen atoms in total. The maximum atomic E-state index is 11.8. The molecule has 1 N–H and O–H groups in total. The van der Waals surface area contributed by atoms with E-state index < -0.39 is 0 Å². The van der Waals surface area contributed by atoms with Crippen molar-refractivity contribution < 1.29 is 14.3 Å². The number of likely N-dealkylation sites (N-methyl/N-ethyl adjacent to an activating group) is 1. The molecule has 152 valence electrons. The Morgan fingerprint density at radius 1 is 1.27 bits per heavy atom. The average Bonchev–Trinajstić information content (AvgIpc) is 2.64. The van der Waals surface area contributed by atoms with Gasteiger partial charge in [-0.15, -0.1) is 24.0 Å². The van der Waals surface area contributed by atoms with Crippen molar-refractivity contribution in [1.29, 1.82) is 0 Å². The van der Waals surface area contributed by atoms with Gasteiger partial charge in [0.05, 0.1) is 18.8 Å². The van der Waals surface area contributed by atoms with Crippen LogP contribution in [0.5, 0.6) is 0 Å². The molecule has 2 aliphatic rings. The van der Waals surface area contributed by atoms with Crippen LogP contribution in [0.3, 0.4) is 0 Å². The Morgan fingerprint density at radius 3 is 2.58 bits per heavy atom. The van der Waals surface area contributed by atoms with Crippen LogP contribution in [0.2, 0.25) is 0 Å². The lowest BCUT2D eigenvalue weighted by Gasteiger charge is -2.35. The highest BCUT2D eigenvalue weighted by Crippen LogP contribution is 2.17. The fourth-order valence-electron chi connectivity index (χ4n) is 3.13. The van der Waals surface area contributed by atoms with Gasteiger partial charge < -0.3 is 24.6 Å². The summed E-state index contributed by atoms with van der Waals surface area (Å²) in [7, 11) is 3.51. The summed E-state index contributed by atoms with van der Waals surface area (Å²) in [4.78, 5) is 20.0. The minimum atomic E-state index is 0. The minimum Gasteiger partial charge on any atom is -0.376 e. The molecule has 1 atom stereocenters. The molecule has 0 spiro atoms. The van der Waals surface area contributed by atoms with Gasteiger partial charge in [0.1, 0.15) is 6.54 Å². The number of piperidine rings is 1. The van der Waals surface area contributed by atoms with Gasteiger partial charge in [-0.3, -0.25) is 4.79 Å². The van der Waals surface area contributed by atoms with Crippen LogP contribution >= 0.6 is 24.0 Å². The van der Waals surface area contributed by atoms with Crippen LogP contribution in [0.1, 0.15) is 39.0 Å². The average molecular weight is 482 g/mol. The van der Waals surface area contributed by atoms with Crippen molar-refractivity contribution in [2.75, 3.05) is 53.5 Å². The molecule has 2 fully saturated rings. The zero-order valence-corrected chi connectivity index (χ0v) is 18.7. The quantitative estimate of drug-likeness (QED) is 0.355. The standard InChI is InChI=1S/C18H34N4O3.HI/c1-4-19-18(20-13-17(23)21(2)3)22-10-8-15(9-11-22)25-14-16-7-5-6-12-24-16;/h15-16H,4-14H2,1-3H3,(H,19,20);1H. The maximum Gasteiger partial charge on any atom is 0.243 e. The third-order valence-corrected chi connectivity index (χ3v) is 4.73. The third kappa shape index (κ3) is 7.96. The van der Waals surface area contributed by atoms with Gasteiger partial charge in [0.2, 0.25) is 5.91 Å². The molecule has 2 aliphatic heterocycles. The number of guanidine groups is 1. The number of halogens is 1. The fourth-order valence-corrected chi connectivity index (χ4v) is 3.13. The predicted octanol–water partition coefficient (Wildman–Crippen LogP) is 1.71. The molecule has 0 saturated carbocycles. The molecule has 2 saturated heterocycles. The minimum absolute atomic E-state index is 0. The summed E-state index contributed by atoms with van der Waals surface area (Å²) in [5.74, 6) is 0.841. The Labute approximate surface area is 174 Å². The summed E-state index contributed by atoms with van der Waals surface area (Å²) < 4.78 is 11.8. The number of hydrogen-bond acceptors (Lipinski definition) is 4. The van der Waals surface area contributed by atoms with E-state index in [1.165, 1.54) is 12.8 Å². The Bertz CT molecular complexity index is 434. The highest BCUT2D eigenvalue weighted by Gasteiger charge is 2.24. The Morgan fingerprint density at radius 2 is 2.00 bits per heavy atom. The summed E-state index contributed by atoms with van der Waals surface area (Å²) in [6.07, 6.45) is 6.10. The van der Waals surface area contributed by atoms with Crippen molar-refractivity contribution in [2.24, 2.45) is 4.99 Å². The molecule has 2 heterocycles. The zero-order chi connectivity index (χ0) is 18.1. The summed E-state index contributed by atoms with van der Waals surface area (Å²) in [6.45, 7) is 6.42. The number of likely N-dealkylation sites (tertiary alicyclic amines) is 1. The number of nitrogens with zero attached hydrogens (tertiary/aromatic N) is 3. The number of carbonyl (C=O) groups is 1. The molecule has 0 aromatic carbocycles. The SMILES string of the molecule is CCNC(=NCC(=O)N(C)C)N1CCC(OCC2CCCCO2)CC1.I. The predicted molar refractivity (Wildman–Crippen MR) is 114 cm³/mol. The number of ether oxygens (including phenoxy) is 2. The molecular formula is C18H35IN4O3. The van der Waals surface area contributed by atoms with Crippen LogP contribution in [0, 0.1) is 0 Å². The first-order valence-corrected chi connectivity index (χ1v) is 9.56. The number of rotatable bonds is 6. The monoisotopic (exact) mass is 482 g/mol. The molecule has 0 radical (unpaired) electrons. The van der Waals surface area contributed by atoms with Crippen molar-refractivity contribution in [3.8, 4) is 0 Å². The number of amides is 1. The molecule has 26 heavy (non-hydrogen) atoms. The molecule has 0 aliphatic carbocycles. The van der Waals surface area contributed by atoms with E-state index in [2.05, 4.69) is 15.2 Å². The van der Waals surface area contributed by atoms with E-state index in [9.17, 15) is 4.79 Å². The summed E-state index contributed by atoms with van der Waals surface area (Å²) in [5, 5.41) is 3.29. The number of nitrogens with one attached hydrogen (secondary N) is 1. The largest absolute Gasteiger partial charge is 0.376 e. The van der Waals surface area contributed by atoms with Crippen molar-refractivity contribution in [3.05, 3.63) is 0 Å². The van der Waals surface area contributed by atoms with Gasteiger partial charge in [-0.1, -0.05) is 0 Å². The molecule has 0 bridgehead atoms. The Kier molecular flexibility index (Phi) is 11.5. The van der Waals surface area contributed by atoms with E-state index in [-0.39, 0.29) is 42.5 Å². The summed E-state index contributed by atoms with van der Waals surface area (Å²) in [5.41, 5.74) is 0. The molecule has 1 amide bonds. The Hall–Kier alpha value is -0.610. The van der Waals surface area contributed by atoms with Gasteiger partial charge in [0.15, 0.2) is 5.96 Å². The van der Waals surface area contributed by atoms with Crippen LogP contribution in [0.25, 0.3) is 0 Å². The molecular weight excluding hydrogens is 447 g/mol. The van der Waals surface area contributed by atoms with Crippen molar-refractivity contribution in [1.82, 2.24) is 15.1 Å². The lowest BCUT2D eigenvalue weighted by atomic mass is 10.1. The second kappa shape index (κ2) is 12.7. The van der Waals surface area contributed by atoms with Gasteiger partial charge in [-0.2, -0.15) is 0 Å². The van der Waals surface area contributed by atoms with Crippen LogP contribution in [0.4, 0.5) is 0 Å². The number of hydrogen-bond donors (Lipinski definition) is 1. The number of aliphatic imine (C=N–C) groups is 1. The zero-order valence-electron chi connectivity index (χ0n) is 16.4. The van der Waals surface area contributed by atoms with Gasteiger partial charge in [0.25, 0.3) is 0 Å². The first-order chi connectivity index (χ1) is 12.1. The van der Waals surface area contributed by atoms with E-state index in [0.29, 0.717) is 6.10 Å². The van der Waals surface area contributed by atoms with Gasteiger partial charge in [-0.25, -0.2) is 4.99 Å². The molecule has 8 heteroatoms. The summed E-state index contributed by atoms with van der Waals surface area (Å²) >= 11 is 0. The second-order valence-corrected chi connectivity index (χ2v) is 6.97. The third-order valence-electron chi connectivity index (χ3n) is 4.73. The fraction of sp³-hybridized carbons (Fsp3) is 0.889. The second-order valence-electron chi connectivity index (χ2n) is 6.97. The van der Waals surface area contributed by atoms with E-state index in [1.807, 2.05) is 6.92 Å². The topological polar surface area (TPSA) is 66.4 Å². The lowest BCUT2D eigenvalue weighted by molar-refractivity contribution is -0.127. The molecule has 2 rings (SSSR count).